The van der Waals surface area contributed by atoms with E-state index < -0.39 is 0 Å². The fourth-order valence-corrected chi connectivity index (χ4v) is 9.94. The Labute approximate surface area is 314 Å². The lowest BCUT2D eigenvalue weighted by Gasteiger charge is -2.10. The van der Waals surface area contributed by atoms with E-state index in [9.17, 15) is 0 Å². The second kappa shape index (κ2) is 11.3. The second-order valence-corrected chi connectivity index (χ2v) is 15.0. The van der Waals surface area contributed by atoms with Crippen LogP contribution in [0.3, 0.4) is 0 Å². The van der Waals surface area contributed by atoms with Gasteiger partial charge in [0.1, 0.15) is 0 Å². The van der Waals surface area contributed by atoms with E-state index in [-0.39, 0.29) is 0 Å². The number of para-hydroxylation sites is 2. The van der Waals surface area contributed by atoms with E-state index in [1.807, 2.05) is 29.5 Å². The van der Waals surface area contributed by atoms with Crippen LogP contribution in [0.15, 0.2) is 170 Å². The molecule has 1 aliphatic rings. The third-order valence-electron chi connectivity index (χ3n) is 11.0. The molecule has 54 heavy (non-hydrogen) atoms. The molecule has 11 aromatic rings. The lowest BCUT2D eigenvalue weighted by molar-refractivity contribution is 1.08. The van der Waals surface area contributed by atoms with E-state index >= 15 is 0 Å². The van der Waals surface area contributed by atoms with Gasteiger partial charge < -0.3 is 4.57 Å². The van der Waals surface area contributed by atoms with Gasteiger partial charge in [-0.15, -0.1) is 11.3 Å². The van der Waals surface area contributed by atoms with E-state index in [4.69, 9.17) is 15.0 Å². The molecule has 8 aromatic carbocycles. The zero-order chi connectivity index (χ0) is 35.3. The minimum absolute atomic E-state index is 0.650. The van der Waals surface area contributed by atoms with E-state index in [0.717, 1.165) is 33.3 Å². The van der Waals surface area contributed by atoms with Crippen molar-refractivity contribution in [1.29, 1.82) is 0 Å². The molecule has 0 N–H and O–H groups in total. The van der Waals surface area contributed by atoms with Crippen LogP contribution in [0, 0.1) is 0 Å². The summed E-state index contributed by atoms with van der Waals surface area (Å²) >= 11 is 1.86. The third-order valence-corrected chi connectivity index (χ3v) is 12.2. The van der Waals surface area contributed by atoms with Crippen LogP contribution in [0.25, 0.3) is 115 Å². The molecule has 0 atom stereocenters. The minimum atomic E-state index is 0.650. The molecule has 0 bridgehead atoms. The van der Waals surface area contributed by atoms with Gasteiger partial charge in [0.05, 0.1) is 11.0 Å². The number of hydrogen-bond acceptors (Lipinski definition) is 4. The first-order valence-electron chi connectivity index (χ1n) is 18.2. The first kappa shape index (κ1) is 29.6. The van der Waals surface area contributed by atoms with Crippen molar-refractivity contribution >= 4 is 64.1 Å². The van der Waals surface area contributed by atoms with Gasteiger partial charge in [0.25, 0.3) is 0 Å². The quantitative estimate of drug-likeness (QED) is 0.183. The number of hydrogen-bond donors (Lipinski definition) is 0. The predicted octanol–water partition coefficient (Wildman–Crippen LogP) is 13.1. The zero-order valence-electron chi connectivity index (χ0n) is 28.9. The maximum absolute atomic E-state index is 5.30. The monoisotopic (exact) mass is 704 g/mol. The zero-order valence-corrected chi connectivity index (χ0v) is 29.7. The summed E-state index contributed by atoms with van der Waals surface area (Å²) in [6.45, 7) is 0. The molecule has 5 heteroatoms. The summed E-state index contributed by atoms with van der Waals surface area (Å²) in [4.78, 5) is 15.7. The number of fused-ring (bicyclic) bond motifs is 10. The summed E-state index contributed by atoms with van der Waals surface area (Å²) in [5.74, 6) is 1.97. The molecular formula is C49H28N4S. The van der Waals surface area contributed by atoms with Crippen LogP contribution in [0.5, 0.6) is 0 Å². The molecule has 3 aromatic heterocycles. The van der Waals surface area contributed by atoms with Gasteiger partial charge in [-0.3, -0.25) is 0 Å². The Hall–Kier alpha value is -6.95. The molecule has 12 rings (SSSR count). The molecule has 250 valence electrons. The van der Waals surface area contributed by atoms with Gasteiger partial charge in [-0.1, -0.05) is 127 Å². The average Bonchev–Trinajstić information content (AvgIpc) is 3.90. The molecule has 0 unspecified atom stereocenters. The first-order valence-corrected chi connectivity index (χ1v) is 19.0. The minimum Gasteiger partial charge on any atom is -0.309 e. The summed E-state index contributed by atoms with van der Waals surface area (Å²) < 4.78 is 4.86. The largest absolute Gasteiger partial charge is 0.309 e. The molecule has 3 heterocycles. The molecular weight excluding hydrogens is 677 g/mol. The summed E-state index contributed by atoms with van der Waals surface area (Å²) in [5, 5.41) is 7.39. The highest BCUT2D eigenvalue weighted by Crippen LogP contribution is 2.53. The first-order chi connectivity index (χ1) is 26.8. The third kappa shape index (κ3) is 4.21. The lowest BCUT2D eigenvalue weighted by atomic mass is 9.99. The summed E-state index contributed by atoms with van der Waals surface area (Å²) in [5.41, 5.74) is 11.6. The molecule has 4 nitrogen and oxygen atoms in total. The molecule has 0 radical (unpaired) electrons. The van der Waals surface area contributed by atoms with E-state index in [1.165, 1.54) is 64.1 Å². The van der Waals surface area contributed by atoms with Crippen molar-refractivity contribution in [2.24, 2.45) is 0 Å². The fourth-order valence-electron chi connectivity index (χ4n) is 8.65. The van der Waals surface area contributed by atoms with Crippen LogP contribution in [0.1, 0.15) is 0 Å². The van der Waals surface area contributed by atoms with Gasteiger partial charge in [0.15, 0.2) is 17.5 Å². The number of aromatic nitrogens is 4. The molecule has 1 aliphatic carbocycles. The Bertz CT molecular complexity index is 3320. The maximum Gasteiger partial charge on any atom is 0.164 e. The van der Waals surface area contributed by atoms with E-state index in [1.54, 1.807) is 0 Å². The lowest BCUT2D eigenvalue weighted by Crippen LogP contribution is -2.00. The highest BCUT2D eigenvalue weighted by Gasteiger charge is 2.26. The van der Waals surface area contributed by atoms with Gasteiger partial charge in [0.2, 0.25) is 0 Å². The Morgan fingerprint density at radius 2 is 1.09 bits per heavy atom. The van der Waals surface area contributed by atoms with Gasteiger partial charge in [-0.2, -0.15) is 0 Å². The molecule has 0 spiro atoms. The van der Waals surface area contributed by atoms with Crippen LogP contribution in [0.2, 0.25) is 0 Å². The number of benzene rings is 8. The van der Waals surface area contributed by atoms with Gasteiger partial charge >= 0.3 is 0 Å². The SMILES string of the molecule is c1ccc(-c2nc(-c3ccc4c(c3)c3ccccc3n4-c3ccccc3)nc(-c3cccc4sc5c6c(ccc5c34)-c3cccc4cccc-6c34)n2)cc1. The topological polar surface area (TPSA) is 43.6 Å². The highest BCUT2D eigenvalue weighted by atomic mass is 32.1. The van der Waals surface area contributed by atoms with E-state index in [2.05, 4.69) is 156 Å². The summed E-state index contributed by atoms with van der Waals surface area (Å²) in [6, 6.07) is 60.5. The second-order valence-electron chi connectivity index (χ2n) is 13.9. The van der Waals surface area contributed by atoms with E-state index in [0.29, 0.717) is 17.5 Å². The van der Waals surface area contributed by atoms with Crippen molar-refractivity contribution < 1.29 is 0 Å². The Balaban J connectivity index is 1.09. The maximum atomic E-state index is 5.30. The number of rotatable bonds is 4. The molecule has 0 saturated heterocycles. The van der Waals surface area contributed by atoms with Gasteiger partial charge in [-0.05, 0) is 69.9 Å². The Kier molecular flexibility index (Phi) is 6.18. The van der Waals surface area contributed by atoms with Gasteiger partial charge in [-0.25, -0.2) is 15.0 Å². The van der Waals surface area contributed by atoms with Crippen molar-refractivity contribution in [1.82, 2.24) is 19.5 Å². The van der Waals surface area contributed by atoms with Gasteiger partial charge in [0, 0.05) is 58.9 Å². The average molecular weight is 705 g/mol. The normalized spacial score (nSPS) is 12.1. The fraction of sp³-hybridized carbons (Fsp3) is 0. The molecule has 0 aliphatic heterocycles. The predicted molar refractivity (Wildman–Crippen MR) is 225 cm³/mol. The van der Waals surface area contributed by atoms with Crippen molar-refractivity contribution in [3.05, 3.63) is 170 Å². The Morgan fingerprint density at radius 1 is 0.407 bits per heavy atom. The van der Waals surface area contributed by atoms with Crippen molar-refractivity contribution in [2.45, 2.75) is 0 Å². The van der Waals surface area contributed by atoms with Crippen molar-refractivity contribution in [3.8, 4) is 62.1 Å². The van der Waals surface area contributed by atoms with Crippen LogP contribution in [-0.4, -0.2) is 19.5 Å². The smallest absolute Gasteiger partial charge is 0.164 e. The molecule has 0 saturated carbocycles. The molecule has 0 fully saturated rings. The molecule has 0 amide bonds. The standard InChI is InChI=1S/C49H28N4S/c1-3-12-30(13-4-1)47-50-48(31-24-27-41-39(28-31)33-18-7-8-22-40(33)53(41)32-16-5-2-6-17-32)52-49(51-47)38-21-11-23-42-44(38)37-26-25-35-34-19-9-14-29-15-10-20-36(43(29)34)45(35)46(37)54-42/h1-28H. The number of nitrogens with zero attached hydrogens (tertiary/aromatic N) is 4. The Morgan fingerprint density at radius 3 is 1.94 bits per heavy atom. The van der Waals surface area contributed by atoms with Crippen molar-refractivity contribution in [3.63, 3.8) is 0 Å². The van der Waals surface area contributed by atoms with Crippen LogP contribution >= 0.6 is 11.3 Å². The van der Waals surface area contributed by atoms with Crippen LogP contribution in [0.4, 0.5) is 0 Å². The highest BCUT2D eigenvalue weighted by molar-refractivity contribution is 7.26. The number of thiophene rings is 1. The summed E-state index contributed by atoms with van der Waals surface area (Å²) in [6.07, 6.45) is 0. The van der Waals surface area contributed by atoms with Crippen molar-refractivity contribution in [2.75, 3.05) is 0 Å². The van der Waals surface area contributed by atoms with Crippen LogP contribution < -0.4 is 0 Å². The summed E-state index contributed by atoms with van der Waals surface area (Å²) in [7, 11) is 0. The van der Waals surface area contributed by atoms with Crippen LogP contribution in [-0.2, 0) is 0 Å².